The van der Waals surface area contributed by atoms with E-state index in [9.17, 15) is 33.6 Å². The van der Waals surface area contributed by atoms with Gasteiger partial charge in [-0.15, -0.1) is 0 Å². The minimum absolute atomic E-state index is 0.00735. The molecule has 516 valence electrons. The highest BCUT2D eigenvalue weighted by Crippen LogP contribution is 2.25. The largest absolute Gasteiger partial charge is 0.497 e. The van der Waals surface area contributed by atoms with E-state index in [1.807, 2.05) is 48.5 Å². The third-order valence-electron chi connectivity index (χ3n) is 17.2. The lowest BCUT2D eigenvalue weighted by Crippen LogP contribution is -2.64. The highest BCUT2D eigenvalue weighted by Gasteiger charge is 2.47. The summed E-state index contributed by atoms with van der Waals surface area (Å²) in [6.07, 6.45) is -2.49. The van der Waals surface area contributed by atoms with Crippen molar-refractivity contribution in [1.29, 1.82) is 0 Å². The molecule has 0 spiro atoms. The smallest absolute Gasteiger partial charge is 0.328 e. The summed E-state index contributed by atoms with van der Waals surface area (Å²) in [5, 5.41) is 5.63. The van der Waals surface area contributed by atoms with Crippen LogP contribution in [0, 0.1) is 29.6 Å². The standard InChI is InChI=1S/C65H110N10O16/c1-26-40(10)52-56(77)66-41(11)57(78)70(17)47(31-36(2)3)55(76)67-46(33-44-27-29-45(89-25)30-28-44)58(79)69(16)42(12)64(85)90-43(13)53(62(83)72(19)50(35-88-24)61(82)74(52)21)75(22)59(80)48(32-37(4)5)71(18)60(81)49(34-87-23)73(20)63(84)54(39(8)9)91-65(86)51(38(6)7)68(14)15/h27-30,36-43,46-54H,26,31-35H2,1-25H3,(H,66,77)(H,67,76)/t40-,41-,42-,43+,46-,47-,48-,49-,50-,51-,52-,53-,54-/m0/s1. The topological polar surface area (TPSA) is 284 Å². The number of methoxy groups -OCH3 is 3. The fourth-order valence-electron chi connectivity index (χ4n) is 11.3. The molecular weight excluding hydrogens is 1180 g/mol. The summed E-state index contributed by atoms with van der Waals surface area (Å²) in [5.74, 6) is -9.68. The number of nitrogens with one attached hydrogen (secondary N) is 2. The van der Waals surface area contributed by atoms with Crippen LogP contribution < -0.4 is 15.4 Å². The number of rotatable bonds is 24. The maximum absolute atomic E-state index is 15.6. The minimum Gasteiger partial charge on any atom is -0.497 e. The van der Waals surface area contributed by atoms with Crippen molar-refractivity contribution in [3.63, 3.8) is 0 Å². The van der Waals surface area contributed by atoms with Crippen LogP contribution >= 0.6 is 0 Å². The van der Waals surface area contributed by atoms with Crippen molar-refractivity contribution in [2.24, 2.45) is 29.6 Å². The summed E-state index contributed by atoms with van der Waals surface area (Å²) in [7, 11) is 17.0. The Kier molecular flexibility index (Phi) is 32.0. The minimum atomic E-state index is -1.79. The first-order valence-corrected chi connectivity index (χ1v) is 31.4. The molecule has 1 aromatic carbocycles. The highest BCUT2D eigenvalue weighted by molar-refractivity contribution is 5.99. The van der Waals surface area contributed by atoms with Crippen molar-refractivity contribution in [3.05, 3.63) is 29.8 Å². The number of nitrogens with zero attached hydrogens (tertiary/aromatic N) is 8. The summed E-state index contributed by atoms with van der Waals surface area (Å²) < 4.78 is 28.5. The van der Waals surface area contributed by atoms with Crippen molar-refractivity contribution in [1.82, 2.24) is 49.8 Å². The molecular formula is C65H110N10O16. The van der Waals surface area contributed by atoms with Gasteiger partial charge in [-0.05, 0) is 95.0 Å². The van der Waals surface area contributed by atoms with Crippen LogP contribution in [0.3, 0.4) is 0 Å². The van der Waals surface area contributed by atoms with Gasteiger partial charge in [-0.1, -0.05) is 87.8 Å². The van der Waals surface area contributed by atoms with Gasteiger partial charge in [-0.25, -0.2) is 4.79 Å². The summed E-state index contributed by atoms with van der Waals surface area (Å²) in [4.78, 5) is 172. The van der Waals surface area contributed by atoms with Gasteiger partial charge in [-0.3, -0.25) is 52.8 Å². The number of cyclic esters (lactones) is 1. The molecule has 1 aliphatic rings. The first-order valence-electron chi connectivity index (χ1n) is 31.4. The predicted octanol–water partition coefficient (Wildman–Crippen LogP) is 2.57. The number of likely N-dealkylation sites (N-methyl/N-ethyl adjacent to an activating group) is 8. The maximum Gasteiger partial charge on any atom is 0.328 e. The highest BCUT2D eigenvalue weighted by atomic mass is 16.6. The molecule has 0 aliphatic carbocycles. The van der Waals surface area contributed by atoms with Crippen molar-refractivity contribution in [2.45, 2.75) is 188 Å². The lowest BCUT2D eigenvalue weighted by Gasteiger charge is -2.41. The van der Waals surface area contributed by atoms with Crippen molar-refractivity contribution in [2.75, 3.05) is 98.0 Å². The van der Waals surface area contributed by atoms with Gasteiger partial charge in [0, 0.05) is 70.0 Å². The Morgan fingerprint density at radius 3 is 1.67 bits per heavy atom. The third kappa shape index (κ3) is 21.0. The Morgan fingerprint density at radius 1 is 0.626 bits per heavy atom. The molecule has 9 amide bonds. The van der Waals surface area contributed by atoms with Gasteiger partial charge in [-0.2, -0.15) is 0 Å². The van der Waals surface area contributed by atoms with Gasteiger partial charge in [0.2, 0.25) is 47.3 Å². The molecule has 2 N–H and O–H groups in total. The summed E-state index contributed by atoms with van der Waals surface area (Å²) in [6.45, 7) is 21.4. The number of esters is 2. The van der Waals surface area contributed by atoms with Crippen LogP contribution in [-0.4, -0.2) is 275 Å². The van der Waals surface area contributed by atoms with Gasteiger partial charge in [0.1, 0.15) is 72.3 Å². The monoisotopic (exact) mass is 1290 g/mol. The van der Waals surface area contributed by atoms with Crippen molar-refractivity contribution in [3.8, 4) is 5.75 Å². The Labute approximate surface area is 540 Å². The van der Waals surface area contributed by atoms with Crippen LogP contribution in [0.5, 0.6) is 5.75 Å². The summed E-state index contributed by atoms with van der Waals surface area (Å²) in [6, 6.07) is -6.41. The maximum atomic E-state index is 15.6. The van der Waals surface area contributed by atoms with E-state index in [0.29, 0.717) is 17.7 Å². The number of ether oxygens (including phenoxy) is 5. The van der Waals surface area contributed by atoms with Gasteiger partial charge >= 0.3 is 11.9 Å². The van der Waals surface area contributed by atoms with Crippen molar-refractivity contribution >= 4 is 65.1 Å². The fraction of sp³-hybridized carbons (Fsp3) is 0.738. The van der Waals surface area contributed by atoms with E-state index in [0.717, 1.165) is 24.5 Å². The first kappa shape index (κ1) is 80.2. The molecule has 0 radical (unpaired) electrons. The molecule has 26 heteroatoms. The van der Waals surface area contributed by atoms with Crippen LogP contribution in [0.1, 0.15) is 115 Å². The fourth-order valence-corrected chi connectivity index (χ4v) is 11.3. The number of carbonyl (C=O) groups excluding carboxylic acids is 11. The molecule has 0 bridgehead atoms. The lowest BCUT2D eigenvalue weighted by molar-refractivity contribution is -0.171. The van der Waals surface area contributed by atoms with Crippen LogP contribution in [-0.2, 0) is 78.1 Å². The zero-order valence-corrected chi connectivity index (χ0v) is 59.0. The van der Waals surface area contributed by atoms with E-state index in [-0.39, 0.29) is 43.6 Å². The molecule has 0 unspecified atom stereocenters. The number of benzene rings is 1. The molecule has 1 aromatic rings. The Morgan fingerprint density at radius 2 is 1.19 bits per heavy atom. The zero-order valence-electron chi connectivity index (χ0n) is 59.0. The van der Waals surface area contributed by atoms with Gasteiger partial charge in [0.05, 0.1) is 20.3 Å². The molecule has 91 heavy (non-hydrogen) atoms. The second kappa shape index (κ2) is 36.3. The third-order valence-corrected chi connectivity index (χ3v) is 17.2. The number of amides is 9. The van der Waals surface area contributed by atoms with E-state index in [1.54, 1.807) is 64.0 Å². The van der Waals surface area contributed by atoms with E-state index in [1.165, 1.54) is 101 Å². The van der Waals surface area contributed by atoms with E-state index in [2.05, 4.69) is 10.6 Å². The predicted molar refractivity (Wildman–Crippen MR) is 343 cm³/mol. The van der Waals surface area contributed by atoms with E-state index in [4.69, 9.17) is 23.7 Å². The molecule has 1 heterocycles. The number of hydrogen-bond acceptors (Lipinski definition) is 17. The Balaban J connectivity index is 3.02. The molecule has 13 atom stereocenters. The van der Waals surface area contributed by atoms with Crippen LogP contribution in [0.25, 0.3) is 0 Å². The molecule has 2 rings (SSSR count). The number of carbonyl (C=O) groups is 11. The molecule has 26 nitrogen and oxygen atoms in total. The van der Waals surface area contributed by atoms with E-state index >= 15 is 19.2 Å². The Hall–Kier alpha value is -6.93. The normalized spacial score (nSPS) is 23.3. The number of hydrogen-bond donors (Lipinski definition) is 2. The van der Waals surface area contributed by atoms with Gasteiger partial charge in [0.15, 0.2) is 6.10 Å². The SMILES string of the molecule is CC[C@H](C)[C@H]1C(=O)N[C@@H](C)C(=O)N(C)[C@@H](CC(C)C)C(=O)N[C@@H](Cc2ccc(OC)cc2)C(=O)N(C)[C@@H](C)C(=O)O[C@H](C)[C@H](N(C)C(=O)[C@H](CC(C)C)N(C)C(=O)[C@H](COC)N(C)C(=O)[C@@H](OC(=O)[C@H](C(C)C)N(C)C)C(C)C)C(=O)N(C)[C@@H](COC)C(=O)N1C. The average molecular weight is 1290 g/mol. The quantitative estimate of drug-likeness (QED) is 0.141. The second-order valence-corrected chi connectivity index (χ2v) is 26.1. The van der Waals surface area contributed by atoms with Gasteiger partial charge < -0.3 is 68.6 Å². The van der Waals surface area contributed by atoms with Crippen molar-refractivity contribution < 1.29 is 76.4 Å². The van der Waals surface area contributed by atoms with Gasteiger partial charge in [0.25, 0.3) is 5.91 Å². The van der Waals surface area contributed by atoms with Crippen LogP contribution in [0.4, 0.5) is 0 Å². The van der Waals surface area contributed by atoms with Crippen LogP contribution in [0.15, 0.2) is 24.3 Å². The average Bonchev–Trinajstić information content (AvgIpc) is 0.922. The Bertz CT molecular complexity index is 2630. The lowest BCUT2D eigenvalue weighted by atomic mass is 9.95. The second-order valence-electron chi connectivity index (χ2n) is 26.1. The van der Waals surface area contributed by atoms with E-state index < -0.39 is 156 Å². The molecule has 1 fully saturated rings. The molecule has 1 saturated heterocycles. The zero-order chi connectivity index (χ0) is 70.0. The first-order chi connectivity index (χ1) is 42.3. The molecule has 0 aromatic heterocycles. The summed E-state index contributed by atoms with van der Waals surface area (Å²) in [5.41, 5.74) is 0.597. The molecule has 0 saturated carbocycles. The van der Waals surface area contributed by atoms with Crippen LogP contribution in [0.2, 0.25) is 0 Å². The summed E-state index contributed by atoms with van der Waals surface area (Å²) >= 11 is 0. The molecule has 1 aliphatic heterocycles.